The molecule has 19 heavy (non-hydrogen) atoms. The first-order valence-corrected chi connectivity index (χ1v) is 7.78. The summed E-state index contributed by atoms with van der Waals surface area (Å²) < 4.78 is 40.5. The highest BCUT2D eigenvalue weighted by Crippen LogP contribution is 2.27. The molecular formula is C12H8BrClFNO2S. The van der Waals surface area contributed by atoms with Crippen molar-refractivity contribution in [3.63, 3.8) is 0 Å². The summed E-state index contributed by atoms with van der Waals surface area (Å²) in [6.45, 7) is 0. The van der Waals surface area contributed by atoms with Gasteiger partial charge >= 0.3 is 0 Å². The molecule has 0 aliphatic carbocycles. The van der Waals surface area contributed by atoms with E-state index in [9.17, 15) is 12.8 Å². The second-order valence-electron chi connectivity index (χ2n) is 3.66. The Hall–Kier alpha value is -1.11. The molecule has 0 bridgehead atoms. The van der Waals surface area contributed by atoms with Crippen LogP contribution in [0.5, 0.6) is 0 Å². The maximum Gasteiger partial charge on any atom is 0.262 e. The highest BCUT2D eigenvalue weighted by atomic mass is 79.9. The molecule has 2 aromatic carbocycles. The highest BCUT2D eigenvalue weighted by Gasteiger charge is 2.18. The highest BCUT2D eigenvalue weighted by molar-refractivity contribution is 9.10. The van der Waals surface area contributed by atoms with Crippen molar-refractivity contribution in [2.45, 2.75) is 4.90 Å². The number of hydrogen-bond donors (Lipinski definition) is 1. The number of para-hydroxylation sites is 1. The zero-order valence-electron chi connectivity index (χ0n) is 9.40. The van der Waals surface area contributed by atoms with Crippen molar-refractivity contribution in [1.29, 1.82) is 0 Å². The smallest absolute Gasteiger partial charge is 0.262 e. The Morgan fingerprint density at radius 1 is 1.16 bits per heavy atom. The van der Waals surface area contributed by atoms with Crippen LogP contribution in [0.3, 0.4) is 0 Å². The van der Waals surface area contributed by atoms with Gasteiger partial charge in [-0.25, -0.2) is 12.8 Å². The largest absolute Gasteiger partial charge is 0.275 e. The maximum absolute atomic E-state index is 13.6. The molecule has 0 saturated carbocycles. The van der Waals surface area contributed by atoms with Crippen molar-refractivity contribution in [2.24, 2.45) is 0 Å². The third kappa shape index (κ3) is 3.26. The monoisotopic (exact) mass is 363 g/mol. The van der Waals surface area contributed by atoms with Crippen LogP contribution in [0.25, 0.3) is 0 Å². The number of rotatable bonds is 3. The van der Waals surface area contributed by atoms with Crippen LogP contribution in [0.2, 0.25) is 5.02 Å². The summed E-state index contributed by atoms with van der Waals surface area (Å²) in [6, 6.07) is 10.0. The van der Waals surface area contributed by atoms with Gasteiger partial charge in [-0.05, 0) is 30.3 Å². The van der Waals surface area contributed by atoms with Gasteiger partial charge in [0, 0.05) is 4.47 Å². The van der Waals surface area contributed by atoms with Crippen molar-refractivity contribution in [1.82, 2.24) is 0 Å². The van der Waals surface area contributed by atoms with E-state index in [1.54, 1.807) is 12.1 Å². The van der Waals surface area contributed by atoms with Gasteiger partial charge in [0.15, 0.2) is 0 Å². The quantitative estimate of drug-likeness (QED) is 0.893. The molecule has 0 aliphatic heterocycles. The lowest BCUT2D eigenvalue weighted by Crippen LogP contribution is -2.14. The first kappa shape index (κ1) is 14.3. The zero-order chi connectivity index (χ0) is 14.0. The molecule has 100 valence electrons. The van der Waals surface area contributed by atoms with E-state index in [2.05, 4.69) is 20.7 Å². The van der Waals surface area contributed by atoms with Crippen molar-refractivity contribution in [3.8, 4) is 0 Å². The minimum absolute atomic E-state index is 0.00132. The Labute approximate surface area is 123 Å². The average Bonchev–Trinajstić information content (AvgIpc) is 2.34. The van der Waals surface area contributed by atoms with Gasteiger partial charge in [0.2, 0.25) is 0 Å². The lowest BCUT2D eigenvalue weighted by Gasteiger charge is -2.10. The molecule has 0 saturated heterocycles. The van der Waals surface area contributed by atoms with Crippen LogP contribution in [-0.4, -0.2) is 8.42 Å². The van der Waals surface area contributed by atoms with Gasteiger partial charge in [-0.1, -0.05) is 39.7 Å². The summed E-state index contributed by atoms with van der Waals surface area (Å²) in [5.74, 6) is -0.730. The Kier molecular flexibility index (Phi) is 4.13. The molecule has 0 spiro atoms. The van der Waals surface area contributed by atoms with E-state index < -0.39 is 15.8 Å². The molecule has 0 aromatic heterocycles. The van der Waals surface area contributed by atoms with E-state index in [0.29, 0.717) is 4.47 Å². The normalized spacial score (nSPS) is 11.3. The van der Waals surface area contributed by atoms with Gasteiger partial charge in [-0.3, -0.25) is 4.72 Å². The van der Waals surface area contributed by atoms with E-state index in [-0.39, 0.29) is 15.6 Å². The van der Waals surface area contributed by atoms with E-state index in [1.807, 2.05) is 0 Å². The molecule has 7 heteroatoms. The predicted octanol–water partition coefficient (Wildman–Crippen LogP) is 4.04. The molecule has 0 fully saturated rings. The van der Waals surface area contributed by atoms with Gasteiger partial charge in [0.05, 0.1) is 9.92 Å². The van der Waals surface area contributed by atoms with E-state index in [4.69, 9.17) is 11.6 Å². The summed E-state index contributed by atoms with van der Waals surface area (Å²) in [4.78, 5) is 0.0150. The molecule has 3 nitrogen and oxygen atoms in total. The fourth-order valence-electron chi connectivity index (χ4n) is 1.42. The number of hydrogen-bond acceptors (Lipinski definition) is 2. The topological polar surface area (TPSA) is 46.2 Å². The van der Waals surface area contributed by atoms with Crippen molar-refractivity contribution >= 4 is 43.2 Å². The van der Waals surface area contributed by atoms with E-state index in [0.717, 1.165) is 6.07 Å². The zero-order valence-corrected chi connectivity index (χ0v) is 12.6. The molecule has 0 unspecified atom stereocenters. The third-order valence-electron chi connectivity index (χ3n) is 2.31. The fraction of sp³-hybridized carbons (Fsp3) is 0. The molecule has 1 N–H and O–H groups in total. The number of anilines is 1. The van der Waals surface area contributed by atoms with Gasteiger partial charge in [-0.2, -0.15) is 0 Å². The van der Waals surface area contributed by atoms with Crippen LogP contribution >= 0.6 is 27.5 Å². The lowest BCUT2D eigenvalue weighted by molar-refractivity contribution is 0.598. The lowest BCUT2D eigenvalue weighted by atomic mass is 10.3. The van der Waals surface area contributed by atoms with Gasteiger partial charge in [0.1, 0.15) is 11.5 Å². The van der Waals surface area contributed by atoms with Crippen molar-refractivity contribution in [3.05, 3.63) is 57.8 Å². The molecule has 0 amide bonds. The number of halogens is 3. The fourth-order valence-corrected chi connectivity index (χ4v) is 3.37. The van der Waals surface area contributed by atoms with E-state index in [1.165, 1.54) is 24.3 Å². The minimum Gasteiger partial charge on any atom is -0.275 e. The molecule has 0 atom stereocenters. The minimum atomic E-state index is -3.89. The second-order valence-corrected chi connectivity index (χ2v) is 6.66. The van der Waals surface area contributed by atoms with Gasteiger partial charge < -0.3 is 0 Å². The molecule has 0 radical (unpaired) electrons. The third-order valence-corrected chi connectivity index (χ3v) is 4.46. The Bertz CT molecular complexity index is 701. The predicted molar refractivity (Wildman–Crippen MR) is 76.4 cm³/mol. The van der Waals surface area contributed by atoms with Gasteiger partial charge in [0.25, 0.3) is 10.0 Å². The van der Waals surface area contributed by atoms with Crippen LogP contribution in [0.1, 0.15) is 0 Å². The molecule has 2 rings (SSSR count). The van der Waals surface area contributed by atoms with Crippen LogP contribution < -0.4 is 4.72 Å². The average molecular weight is 365 g/mol. The Morgan fingerprint density at radius 2 is 1.84 bits per heavy atom. The molecule has 0 aliphatic rings. The summed E-state index contributed by atoms with van der Waals surface area (Å²) in [5.41, 5.74) is -0.260. The van der Waals surface area contributed by atoms with Crippen LogP contribution in [0, 0.1) is 5.82 Å². The number of nitrogens with one attached hydrogen (secondary N) is 1. The van der Waals surface area contributed by atoms with Gasteiger partial charge in [-0.15, -0.1) is 0 Å². The van der Waals surface area contributed by atoms with Crippen LogP contribution in [0.15, 0.2) is 51.8 Å². The van der Waals surface area contributed by atoms with Crippen molar-refractivity contribution < 1.29 is 12.8 Å². The first-order valence-electron chi connectivity index (χ1n) is 5.12. The standard InChI is InChI=1S/C12H8BrClFNO2S/c13-8-3-1-4-9(7-8)19(17,18)16-12-10(14)5-2-6-11(12)15/h1-7,16H. The summed E-state index contributed by atoms with van der Waals surface area (Å²) in [7, 11) is -3.89. The van der Waals surface area contributed by atoms with Crippen molar-refractivity contribution in [2.75, 3.05) is 4.72 Å². The summed E-state index contributed by atoms with van der Waals surface area (Å²) in [6.07, 6.45) is 0. The molecular weight excluding hydrogens is 357 g/mol. The Balaban J connectivity index is 2.42. The summed E-state index contributed by atoms with van der Waals surface area (Å²) >= 11 is 8.95. The molecule has 2 aromatic rings. The van der Waals surface area contributed by atoms with Crippen LogP contribution in [-0.2, 0) is 10.0 Å². The summed E-state index contributed by atoms with van der Waals surface area (Å²) in [5, 5.41) is -0.00132. The van der Waals surface area contributed by atoms with Crippen LogP contribution in [0.4, 0.5) is 10.1 Å². The first-order chi connectivity index (χ1) is 8.90. The molecule has 0 heterocycles. The maximum atomic E-state index is 13.6. The van der Waals surface area contributed by atoms with E-state index >= 15 is 0 Å². The Morgan fingerprint density at radius 3 is 2.47 bits per heavy atom. The number of sulfonamides is 1. The second kappa shape index (κ2) is 5.48. The number of benzene rings is 2. The SMILES string of the molecule is O=S(=O)(Nc1c(F)cccc1Cl)c1cccc(Br)c1.